The Balaban J connectivity index is 1.75. The molecule has 2 aromatic rings. The summed E-state index contributed by atoms with van der Waals surface area (Å²) in [5.74, 6) is 1.67. The lowest BCUT2D eigenvalue weighted by Crippen LogP contribution is -2.37. The van der Waals surface area contributed by atoms with Gasteiger partial charge in [0, 0.05) is 45.0 Å². The van der Waals surface area contributed by atoms with E-state index in [4.69, 9.17) is 4.74 Å². The van der Waals surface area contributed by atoms with E-state index in [-0.39, 0.29) is 0 Å². The van der Waals surface area contributed by atoms with Crippen molar-refractivity contribution in [1.29, 1.82) is 0 Å². The Morgan fingerprint density at radius 2 is 2.04 bits per heavy atom. The Kier molecular flexibility index (Phi) is 8.42. The van der Waals surface area contributed by atoms with Gasteiger partial charge >= 0.3 is 0 Å². The van der Waals surface area contributed by atoms with Gasteiger partial charge in [0.1, 0.15) is 12.4 Å². The Labute approximate surface area is 156 Å². The minimum Gasteiger partial charge on any atom is -0.492 e. The summed E-state index contributed by atoms with van der Waals surface area (Å²) in [6.45, 7) is 3.05. The third-order valence-electron chi connectivity index (χ3n) is 3.79. The van der Waals surface area contributed by atoms with E-state index in [2.05, 4.69) is 37.6 Å². The van der Waals surface area contributed by atoms with Crippen molar-refractivity contribution >= 4 is 5.96 Å². The molecule has 0 spiro atoms. The minimum atomic E-state index is 0.681. The van der Waals surface area contributed by atoms with E-state index in [9.17, 15) is 0 Å². The number of rotatable bonds is 9. The maximum Gasteiger partial charge on any atom is 0.191 e. The van der Waals surface area contributed by atoms with E-state index in [1.165, 1.54) is 0 Å². The van der Waals surface area contributed by atoms with Crippen molar-refractivity contribution < 1.29 is 4.74 Å². The van der Waals surface area contributed by atoms with E-state index >= 15 is 0 Å². The topological polar surface area (TPSA) is 61.8 Å². The molecule has 0 saturated carbocycles. The van der Waals surface area contributed by atoms with Gasteiger partial charge in [0.2, 0.25) is 0 Å². The van der Waals surface area contributed by atoms with Gasteiger partial charge in [-0.2, -0.15) is 0 Å². The molecule has 2 rings (SSSR count). The first-order chi connectivity index (χ1) is 12.7. The Morgan fingerprint density at radius 1 is 1.15 bits per heavy atom. The molecule has 0 atom stereocenters. The number of aliphatic imine (C=N–C) groups is 1. The molecule has 1 heterocycles. The third kappa shape index (κ3) is 7.53. The van der Waals surface area contributed by atoms with Gasteiger partial charge in [-0.1, -0.05) is 18.2 Å². The van der Waals surface area contributed by atoms with Crippen molar-refractivity contribution in [3.63, 3.8) is 0 Å². The molecule has 0 aliphatic carbocycles. The molecule has 0 unspecified atom stereocenters. The second kappa shape index (κ2) is 11.1. The van der Waals surface area contributed by atoms with Gasteiger partial charge in [0.15, 0.2) is 5.96 Å². The first-order valence-electron chi connectivity index (χ1n) is 8.88. The molecule has 6 nitrogen and oxygen atoms in total. The number of likely N-dealkylation sites (N-methyl/N-ethyl adjacent to an activating group) is 1. The van der Waals surface area contributed by atoms with Gasteiger partial charge in [-0.25, -0.2) is 0 Å². The predicted molar refractivity (Wildman–Crippen MR) is 107 cm³/mol. The van der Waals surface area contributed by atoms with Crippen LogP contribution in [0.3, 0.4) is 0 Å². The summed E-state index contributed by atoms with van der Waals surface area (Å²) >= 11 is 0. The van der Waals surface area contributed by atoms with Gasteiger partial charge in [0.25, 0.3) is 0 Å². The van der Waals surface area contributed by atoms with Crippen LogP contribution in [0.4, 0.5) is 0 Å². The van der Waals surface area contributed by atoms with Gasteiger partial charge in [0.05, 0.1) is 0 Å². The van der Waals surface area contributed by atoms with Crippen LogP contribution in [0.1, 0.15) is 11.3 Å². The molecule has 0 saturated heterocycles. The number of nitrogens with one attached hydrogen (secondary N) is 2. The van der Waals surface area contributed by atoms with Crippen LogP contribution in [0.25, 0.3) is 0 Å². The first-order valence-corrected chi connectivity index (χ1v) is 8.88. The van der Waals surface area contributed by atoms with Gasteiger partial charge in [-0.15, -0.1) is 0 Å². The molecule has 0 aliphatic heterocycles. The molecule has 0 aliphatic rings. The highest BCUT2D eigenvalue weighted by Gasteiger charge is 2.01. The summed E-state index contributed by atoms with van der Waals surface area (Å²) in [6, 6.07) is 14.1. The average Bonchev–Trinajstić information content (AvgIpc) is 2.65. The van der Waals surface area contributed by atoms with Crippen molar-refractivity contribution in [2.24, 2.45) is 4.99 Å². The van der Waals surface area contributed by atoms with Crippen molar-refractivity contribution in [3.8, 4) is 5.75 Å². The highest BCUT2D eigenvalue weighted by molar-refractivity contribution is 5.79. The Morgan fingerprint density at radius 3 is 2.77 bits per heavy atom. The molecule has 6 heteroatoms. The SMILES string of the molecule is CN=C(NCCc1ccccn1)NCc1cccc(OCCN(C)C)c1. The third-order valence-corrected chi connectivity index (χ3v) is 3.79. The van der Waals surface area contributed by atoms with Crippen LogP contribution >= 0.6 is 0 Å². The lowest BCUT2D eigenvalue weighted by Gasteiger charge is -2.13. The molecule has 0 bridgehead atoms. The minimum absolute atomic E-state index is 0.681. The molecular weight excluding hydrogens is 326 g/mol. The standard InChI is InChI=1S/C20H29N5O/c1-21-20(23-12-10-18-8-4-5-11-22-18)24-16-17-7-6-9-19(15-17)26-14-13-25(2)3/h4-9,11,15H,10,12-14,16H2,1-3H3,(H2,21,23,24). The second-order valence-electron chi connectivity index (χ2n) is 6.22. The number of nitrogens with zero attached hydrogens (tertiary/aromatic N) is 3. The molecule has 0 fully saturated rings. The van der Waals surface area contributed by atoms with Crippen molar-refractivity contribution in [2.75, 3.05) is 40.8 Å². The maximum absolute atomic E-state index is 5.78. The van der Waals surface area contributed by atoms with Crippen LogP contribution in [0, 0.1) is 0 Å². The Hall–Kier alpha value is -2.60. The monoisotopic (exact) mass is 355 g/mol. The number of benzene rings is 1. The molecule has 0 amide bonds. The van der Waals surface area contributed by atoms with Crippen molar-refractivity contribution in [3.05, 3.63) is 59.9 Å². The van der Waals surface area contributed by atoms with Crippen LogP contribution in [-0.2, 0) is 13.0 Å². The normalized spacial score (nSPS) is 11.5. The van der Waals surface area contributed by atoms with E-state index in [1.807, 2.05) is 50.6 Å². The van der Waals surface area contributed by atoms with E-state index in [0.717, 1.165) is 42.5 Å². The number of hydrogen-bond donors (Lipinski definition) is 2. The molecule has 0 radical (unpaired) electrons. The summed E-state index contributed by atoms with van der Waals surface area (Å²) in [6.07, 6.45) is 2.67. The number of pyridine rings is 1. The number of ether oxygens (including phenoxy) is 1. The van der Waals surface area contributed by atoms with Gasteiger partial charge in [-0.05, 0) is 43.9 Å². The first kappa shape index (κ1) is 19.7. The summed E-state index contributed by atoms with van der Waals surface area (Å²) < 4.78 is 5.78. The predicted octanol–water partition coefficient (Wildman–Crippen LogP) is 1.93. The van der Waals surface area contributed by atoms with Crippen LogP contribution in [-0.4, -0.2) is 56.7 Å². The maximum atomic E-state index is 5.78. The molecule has 26 heavy (non-hydrogen) atoms. The quantitative estimate of drug-likeness (QED) is 0.532. The van der Waals surface area contributed by atoms with E-state index in [0.29, 0.717) is 13.2 Å². The van der Waals surface area contributed by atoms with Crippen LogP contribution in [0.2, 0.25) is 0 Å². The van der Waals surface area contributed by atoms with Crippen molar-refractivity contribution in [1.82, 2.24) is 20.5 Å². The highest BCUT2D eigenvalue weighted by atomic mass is 16.5. The number of hydrogen-bond acceptors (Lipinski definition) is 4. The van der Waals surface area contributed by atoms with Gasteiger partial charge in [-0.3, -0.25) is 9.98 Å². The zero-order valence-corrected chi connectivity index (χ0v) is 15.9. The lowest BCUT2D eigenvalue weighted by molar-refractivity contribution is 0.261. The summed E-state index contributed by atoms with van der Waals surface area (Å²) in [5, 5.41) is 6.64. The number of guanidine groups is 1. The molecule has 2 N–H and O–H groups in total. The highest BCUT2D eigenvalue weighted by Crippen LogP contribution is 2.13. The molecule has 140 valence electrons. The zero-order chi connectivity index (χ0) is 18.6. The fourth-order valence-electron chi connectivity index (χ4n) is 2.35. The molecule has 1 aromatic carbocycles. The smallest absolute Gasteiger partial charge is 0.191 e. The Bertz CT molecular complexity index is 673. The van der Waals surface area contributed by atoms with E-state index < -0.39 is 0 Å². The average molecular weight is 355 g/mol. The summed E-state index contributed by atoms with van der Waals surface area (Å²) in [7, 11) is 5.85. The van der Waals surface area contributed by atoms with Crippen LogP contribution in [0.5, 0.6) is 5.75 Å². The zero-order valence-electron chi connectivity index (χ0n) is 15.9. The van der Waals surface area contributed by atoms with E-state index in [1.54, 1.807) is 7.05 Å². The summed E-state index contributed by atoms with van der Waals surface area (Å²) in [5.41, 5.74) is 2.22. The second-order valence-corrected chi connectivity index (χ2v) is 6.22. The lowest BCUT2D eigenvalue weighted by atomic mass is 10.2. The number of aromatic nitrogens is 1. The molecule has 1 aromatic heterocycles. The fraction of sp³-hybridized carbons (Fsp3) is 0.400. The summed E-state index contributed by atoms with van der Waals surface area (Å²) in [4.78, 5) is 10.7. The van der Waals surface area contributed by atoms with Gasteiger partial charge < -0.3 is 20.3 Å². The van der Waals surface area contributed by atoms with Crippen LogP contribution < -0.4 is 15.4 Å². The van der Waals surface area contributed by atoms with Crippen molar-refractivity contribution in [2.45, 2.75) is 13.0 Å². The largest absolute Gasteiger partial charge is 0.492 e. The molecular formula is C20H29N5O. The van der Waals surface area contributed by atoms with Crippen LogP contribution in [0.15, 0.2) is 53.7 Å². The fourth-order valence-corrected chi connectivity index (χ4v) is 2.35.